The number of hydrogen-bond donors (Lipinski definition) is 2. The fourth-order valence-electron chi connectivity index (χ4n) is 6.14. The van der Waals surface area contributed by atoms with Crippen LogP contribution in [0, 0.1) is 11.3 Å². The van der Waals surface area contributed by atoms with E-state index in [9.17, 15) is 15.0 Å². The average molecular weight is 473 g/mol. The van der Waals surface area contributed by atoms with Crippen LogP contribution in [0.15, 0.2) is 47.1 Å². The molecule has 2 fully saturated rings. The fourth-order valence-corrected chi connectivity index (χ4v) is 6.14. The molecule has 3 rings (SSSR count). The zero-order valence-corrected chi connectivity index (χ0v) is 21.6. The molecule has 3 aliphatic carbocycles. The Balaban J connectivity index is 1.69. The van der Waals surface area contributed by atoms with Gasteiger partial charge in [0.05, 0.1) is 6.10 Å². The molecule has 0 amide bonds. The zero-order chi connectivity index (χ0) is 24.9. The molecular weight excluding hydrogens is 428 g/mol. The summed E-state index contributed by atoms with van der Waals surface area (Å²) in [7, 11) is 0. The lowest BCUT2D eigenvalue weighted by molar-refractivity contribution is -0.226. The molecule has 0 aromatic carbocycles. The first-order valence-corrected chi connectivity index (χ1v) is 13.2. The van der Waals surface area contributed by atoms with E-state index >= 15 is 0 Å². The second-order valence-corrected chi connectivity index (χ2v) is 10.5. The maximum Gasteiger partial charge on any atom is 0.332 e. The summed E-state index contributed by atoms with van der Waals surface area (Å²) in [6.45, 7) is 12.4. The minimum Gasteiger partial charge on any atom is -0.461 e. The predicted octanol–water partition coefficient (Wildman–Crippen LogP) is 5.92. The van der Waals surface area contributed by atoms with E-state index in [0.717, 1.165) is 44.1 Å². The number of fused-ring (bicyclic) bond motifs is 1. The fraction of sp³-hybridized carbons (Fsp3) is 0.690. The van der Waals surface area contributed by atoms with Crippen molar-refractivity contribution in [1.29, 1.82) is 0 Å². The molecule has 2 saturated carbocycles. The maximum absolute atomic E-state index is 12.3. The SMILES string of the molecule is C=C1C(=CC=C2CCC[C@]3(C)C(CC)=CC[C@@H]23)C[C@](O)(OCC(=O)OC(CC)CCC)CC1O. The van der Waals surface area contributed by atoms with Crippen molar-refractivity contribution in [1.82, 2.24) is 0 Å². The van der Waals surface area contributed by atoms with Gasteiger partial charge in [0.1, 0.15) is 12.7 Å². The van der Waals surface area contributed by atoms with E-state index < -0.39 is 17.9 Å². The molecule has 0 bridgehead atoms. The Morgan fingerprint density at radius 1 is 1.32 bits per heavy atom. The maximum atomic E-state index is 12.3. The lowest BCUT2D eigenvalue weighted by Gasteiger charge is -2.41. The summed E-state index contributed by atoms with van der Waals surface area (Å²) in [6.07, 6.45) is 13.9. The molecule has 0 radical (unpaired) electrons. The van der Waals surface area contributed by atoms with Crippen molar-refractivity contribution in [2.24, 2.45) is 11.3 Å². The third kappa shape index (κ3) is 5.92. The molecule has 3 aliphatic rings. The van der Waals surface area contributed by atoms with Crippen LogP contribution in [0.3, 0.4) is 0 Å². The largest absolute Gasteiger partial charge is 0.461 e. The van der Waals surface area contributed by atoms with E-state index in [1.165, 1.54) is 18.4 Å². The van der Waals surface area contributed by atoms with Gasteiger partial charge in [-0.1, -0.05) is 70.1 Å². The smallest absolute Gasteiger partial charge is 0.332 e. The van der Waals surface area contributed by atoms with Gasteiger partial charge < -0.3 is 19.7 Å². The third-order valence-electron chi connectivity index (χ3n) is 8.21. The average Bonchev–Trinajstić information content (AvgIpc) is 3.15. The van der Waals surface area contributed by atoms with E-state index in [4.69, 9.17) is 9.47 Å². The first-order chi connectivity index (χ1) is 16.2. The van der Waals surface area contributed by atoms with Crippen LogP contribution in [0.5, 0.6) is 0 Å². The lowest BCUT2D eigenvalue weighted by atomic mass is 9.64. The molecule has 0 aromatic rings. The highest BCUT2D eigenvalue weighted by Gasteiger charge is 2.44. The van der Waals surface area contributed by atoms with Crippen LogP contribution in [0.25, 0.3) is 0 Å². The Kier molecular flexibility index (Phi) is 8.99. The number of carbonyl (C=O) groups excluding carboxylic acids is 1. The van der Waals surface area contributed by atoms with Crippen molar-refractivity contribution < 1.29 is 24.5 Å². The van der Waals surface area contributed by atoms with Crippen LogP contribution in [-0.4, -0.2) is 40.8 Å². The number of ether oxygens (including phenoxy) is 2. The lowest BCUT2D eigenvalue weighted by Crippen LogP contribution is -2.43. The molecule has 2 unspecified atom stereocenters. The van der Waals surface area contributed by atoms with Crippen molar-refractivity contribution in [2.45, 2.75) is 110 Å². The number of aliphatic hydroxyl groups is 2. The van der Waals surface area contributed by atoms with Crippen LogP contribution in [-0.2, 0) is 14.3 Å². The monoisotopic (exact) mass is 472 g/mol. The van der Waals surface area contributed by atoms with Crippen LogP contribution in [0.1, 0.15) is 91.9 Å². The van der Waals surface area contributed by atoms with Gasteiger partial charge in [-0.25, -0.2) is 4.79 Å². The Morgan fingerprint density at radius 3 is 2.76 bits per heavy atom. The number of rotatable bonds is 9. The van der Waals surface area contributed by atoms with Crippen LogP contribution in [0.2, 0.25) is 0 Å². The molecule has 5 atom stereocenters. The Morgan fingerprint density at radius 2 is 2.09 bits per heavy atom. The van der Waals surface area contributed by atoms with E-state index in [1.807, 2.05) is 13.0 Å². The second kappa shape index (κ2) is 11.4. The molecule has 5 heteroatoms. The topological polar surface area (TPSA) is 76.0 Å². The quantitative estimate of drug-likeness (QED) is 0.247. The first kappa shape index (κ1) is 26.9. The van der Waals surface area contributed by atoms with Gasteiger partial charge in [-0.05, 0) is 67.4 Å². The van der Waals surface area contributed by atoms with Gasteiger partial charge in [0.25, 0.3) is 0 Å². The Labute approximate surface area is 205 Å². The van der Waals surface area contributed by atoms with Gasteiger partial charge in [-0.3, -0.25) is 0 Å². The van der Waals surface area contributed by atoms with E-state index in [1.54, 1.807) is 5.57 Å². The second-order valence-electron chi connectivity index (χ2n) is 10.5. The van der Waals surface area contributed by atoms with Gasteiger partial charge in [0, 0.05) is 12.8 Å². The molecular formula is C29H44O5. The molecule has 0 aliphatic heterocycles. The van der Waals surface area contributed by atoms with Crippen LogP contribution < -0.4 is 0 Å². The van der Waals surface area contributed by atoms with Crippen molar-refractivity contribution in [3.05, 3.63) is 47.1 Å². The number of allylic oxidation sites excluding steroid dienone is 5. The molecule has 190 valence electrons. The summed E-state index contributed by atoms with van der Waals surface area (Å²) >= 11 is 0. The van der Waals surface area contributed by atoms with Crippen LogP contribution in [0.4, 0.5) is 0 Å². The third-order valence-corrected chi connectivity index (χ3v) is 8.21. The molecule has 5 nitrogen and oxygen atoms in total. The molecule has 0 heterocycles. The highest BCUT2D eigenvalue weighted by molar-refractivity contribution is 5.71. The highest BCUT2D eigenvalue weighted by Crippen LogP contribution is 2.55. The minimum absolute atomic E-state index is 0.0103. The van der Waals surface area contributed by atoms with Crippen molar-refractivity contribution in [2.75, 3.05) is 6.61 Å². The number of hydrogen-bond acceptors (Lipinski definition) is 5. The Hall–Kier alpha value is -1.69. The van der Waals surface area contributed by atoms with Crippen molar-refractivity contribution in [3.63, 3.8) is 0 Å². The van der Waals surface area contributed by atoms with Crippen LogP contribution >= 0.6 is 0 Å². The van der Waals surface area contributed by atoms with Gasteiger partial charge in [-0.15, -0.1) is 0 Å². The molecule has 34 heavy (non-hydrogen) atoms. The standard InChI is InChI=1S/C29H44O5/c1-6-10-24(8-3)34-27(31)19-33-29(32)17-22(20(4)26(30)18-29)13-12-21-11-9-16-28(5)23(7-2)14-15-25(21)28/h12-14,24-26,30,32H,4,6-11,15-19H2,1-3,5H3/t24?,25-,26?,28+,29-/m0/s1. The van der Waals surface area contributed by atoms with Gasteiger partial charge in [0.2, 0.25) is 0 Å². The summed E-state index contributed by atoms with van der Waals surface area (Å²) in [5.74, 6) is -1.58. The molecule has 0 spiro atoms. The number of carbonyl (C=O) groups is 1. The van der Waals surface area contributed by atoms with Crippen molar-refractivity contribution in [3.8, 4) is 0 Å². The van der Waals surface area contributed by atoms with E-state index in [0.29, 0.717) is 11.5 Å². The number of esters is 1. The zero-order valence-electron chi connectivity index (χ0n) is 21.6. The Bertz CT molecular complexity index is 853. The van der Waals surface area contributed by atoms with E-state index in [-0.39, 0.29) is 31.0 Å². The van der Waals surface area contributed by atoms with Crippen molar-refractivity contribution >= 4 is 5.97 Å². The summed E-state index contributed by atoms with van der Waals surface area (Å²) in [5.41, 5.74) is 4.64. The first-order valence-electron chi connectivity index (χ1n) is 13.2. The minimum atomic E-state index is -1.62. The highest BCUT2D eigenvalue weighted by atomic mass is 16.6. The number of aliphatic hydroxyl groups excluding tert-OH is 1. The summed E-state index contributed by atoms with van der Waals surface area (Å²) < 4.78 is 11.1. The summed E-state index contributed by atoms with van der Waals surface area (Å²) in [5, 5.41) is 21.6. The van der Waals surface area contributed by atoms with Gasteiger partial charge in [0.15, 0.2) is 5.79 Å². The molecule has 0 aromatic heterocycles. The van der Waals surface area contributed by atoms with Gasteiger partial charge >= 0.3 is 5.97 Å². The summed E-state index contributed by atoms with van der Waals surface area (Å²) in [4.78, 5) is 12.3. The molecule has 2 N–H and O–H groups in total. The summed E-state index contributed by atoms with van der Waals surface area (Å²) in [6, 6.07) is 0. The normalized spacial score (nSPS) is 34.8. The predicted molar refractivity (Wildman–Crippen MR) is 135 cm³/mol. The van der Waals surface area contributed by atoms with Gasteiger partial charge in [-0.2, -0.15) is 0 Å². The van der Waals surface area contributed by atoms with E-state index in [2.05, 4.69) is 39.5 Å². The molecule has 0 saturated heterocycles.